The van der Waals surface area contributed by atoms with Gasteiger partial charge in [-0.05, 0) is 37.1 Å². The summed E-state index contributed by atoms with van der Waals surface area (Å²) >= 11 is 0. The SMILES string of the molecule is O=C(OC1C2CC3C(=O)OC1C3C2)c1ccc(S(=O)(=O)[O-])cc1. The van der Waals surface area contributed by atoms with Crippen LogP contribution in [0.3, 0.4) is 0 Å². The average Bonchev–Trinajstić information content (AvgIpc) is 3.11. The van der Waals surface area contributed by atoms with Crippen LogP contribution in [0.2, 0.25) is 0 Å². The third kappa shape index (κ3) is 2.24. The molecule has 0 amide bonds. The molecule has 1 aromatic rings. The van der Waals surface area contributed by atoms with Crippen molar-refractivity contribution in [2.45, 2.75) is 29.9 Å². The zero-order chi connectivity index (χ0) is 16.4. The number of hydrogen-bond donors (Lipinski definition) is 0. The van der Waals surface area contributed by atoms with Crippen LogP contribution in [0.4, 0.5) is 0 Å². The van der Waals surface area contributed by atoms with E-state index in [0.717, 1.165) is 18.6 Å². The maximum atomic E-state index is 12.2. The summed E-state index contributed by atoms with van der Waals surface area (Å²) in [5.41, 5.74) is 0.154. The topological polar surface area (TPSA) is 110 Å². The van der Waals surface area contributed by atoms with Crippen LogP contribution in [0.5, 0.6) is 0 Å². The second kappa shape index (κ2) is 4.78. The van der Waals surface area contributed by atoms with Crippen molar-refractivity contribution in [2.75, 3.05) is 0 Å². The Morgan fingerprint density at radius 1 is 1.22 bits per heavy atom. The lowest BCUT2D eigenvalue weighted by Crippen LogP contribution is -2.36. The first-order valence-electron chi connectivity index (χ1n) is 7.32. The van der Waals surface area contributed by atoms with E-state index in [4.69, 9.17) is 9.47 Å². The number of fused-ring (bicyclic) bond motifs is 1. The van der Waals surface area contributed by atoms with Crippen molar-refractivity contribution in [1.29, 1.82) is 0 Å². The van der Waals surface area contributed by atoms with Crippen LogP contribution >= 0.6 is 0 Å². The van der Waals surface area contributed by atoms with Crippen molar-refractivity contribution in [3.63, 3.8) is 0 Å². The highest BCUT2D eigenvalue weighted by atomic mass is 32.2. The molecule has 5 unspecified atom stereocenters. The number of benzene rings is 1. The molecule has 2 saturated carbocycles. The quantitative estimate of drug-likeness (QED) is 0.589. The molecule has 23 heavy (non-hydrogen) atoms. The summed E-state index contributed by atoms with van der Waals surface area (Å²) in [5.74, 6) is -0.602. The average molecular weight is 337 g/mol. The Labute approximate surface area is 132 Å². The Morgan fingerprint density at radius 3 is 2.57 bits per heavy atom. The summed E-state index contributed by atoms with van der Waals surface area (Å²) in [7, 11) is -4.55. The number of rotatable bonds is 3. The first kappa shape index (κ1) is 14.6. The van der Waals surface area contributed by atoms with Gasteiger partial charge in [0.2, 0.25) is 0 Å². The zero-order valence-electron chi connectivity index (χ0n) is 11.9. The van der Waals surface area contributed by atoms with Crippen LogP contribution in [0.15, 0.2) is 29.2 Å². The van der Waals surface area contributed by atoms with Crippen molar-refractivity contribution in [1.82, 2.24) is 0 Å². The van der Waals surface area contributed by atoms with Crippen molar-refractivity contribution in [2.24, 2.45) is 17.8 Å². The van der Waals surface area contributed by atoms with Crippen molar-refractivity contribution < 1.29 is 32.0 Å². The third-order valence-corrected chi connectivity index (χ3v) is 5.89. The Hall–Kier alpha value is -1.93. The first-order valence-corrected chi connectivity index (χ1v) is 8.73. The summed E-state index contributed by atoms with van der Waals surface area (Å²) in [6, 6.07) is 4.63. The summed E-state index contributed by atoms with van der Waals surface area (Å²) in [4.78, 5) is 23.5. The van der Waals surface area contributed by atoms with Gasteiger partial charge in [-0.3, -0.25) is 4.79 Å². The molecule has 3 aliphatic rings. The fraction of sp³-hybridized carbons (Fsp3) is 0.467. The summed E-state index contributed by atoms with van der Waals surface area (Å²) in [6.45, 7) is 0. The van der Waals surface area contributed by atoms with Gasteiger partial charge in [-0.25, -0.2) is 13.2 Å². The van der Waals surface area contributed by atoms with Gasteiger partial charge in [0, 0.05) is 11.8 Å². The van der Waals surface area contributed by atoms with Crippen LogP contribution in [0.25, 0.3) is 0 Å². The monoisotopic (exact) mass is 337 g/mol. The minimum absolute atomic E-state index is 0.0542. The van der Waals surface area contributed by atoms with Gasteiger partial charge in [0.15, 0.2) is 0 Å². The van der Waals surface area contributed by atoms with E-state index in [-0.39, 0.29) is 35.4 Å². The van der Waals surface area contributed by atoms with Gasteiger partial charge in [-0.15, -0.1) is 0 Å². The molecule has 4 rings (SSSR count). The highest BCUT2D eigenvalue weighted by molar-refractivity contribution is 7.85. The van der Waals surface area contributed by atoms with E-state index in [1.54, 1.807) is 0 Å². The van der Waals surface area contributed by atoms with E-state index in [1.165, 1.54) is 12.1 Å². The minimum Gasteiger partial charge on any atom is -0.744 e. The number of ether oxygens (including phenoxy) is 2. The molecule has 8 heteroatoms. The highest BCUT2D eigenvalue weighted by Crippen LogP contribution is 2.55. The summed E-state index contributed by atoms with van der Waals surface area (Å²) in [5, 5.41) is 0. The Morgan fingerprint density at radius 2 is 1.91 bits per heavy atom. The molecule has 122 valence electrons. The Balaban J connectivity index is 1.50. The maximum absolute atomic E-state index is 12.2. The van der Waals surface area contributed by atoms with Crippen molar-refractivity contribution in [3.8, 4) is 0 Å². The zero-order valence-corrected chi connectivity index (χ0v) is 12.7. The van der Waals surface area contributed by atoms with Gasteiger partial charge >= 0.3 is 11.9 Å². The van der Waals surface area contributed by atoms with E-state index >= 15 is 0 Å². The lowest BCUT2D eigenvalue weighted by molar-refractivity contribution is -0.146. The molecule has 2 bridgehead atoms. The van der Waals surface area contributed by atoms with Crippen LogP contribution in [-0.2, 0) is 24.4 Å². The fourth-order valence-corrected chi connectivity index (χ4v) is 4.48. The standard InChI is InChI=1S/C15H14O7S/c16-14(7-1-3-9(4-2-7)23(18,19)20)21-12-8-5-10-11(6-8)15(17)22-13(10)12/h1-4,8,10-13H,5-6H2,(H,18,19,20)/p-1. The molecule has 2 aliphatic carbocycles. The van der Waals surface area contributed by atoms with Crippen LogP contribution in [0.1, 0.15) is 23.2 Å². The van der Waals surface area contributed by atoms with E-state index in [1.807, 2.05) is 0 Å². The molecule has 0 spiro atoms. The van der Waals surface area contributed by atoms with Crippen LogP contribution in [0, 0.1) is 17.8 Å². The molecule has 5 atom stereocenters. The van der Waals surface area contributed by atoms with Gasteiger partial charge in [0.05, 0.1) is 16.4 Å². The van der Waals surface area contributed by atoms with E-state index in [0.29, 0.717) is 6.42 Å². The van der Waals surface area contributed by atoms with Gasteiger partial charge in [-0.1, -0.05) is 0 Å². The van der Waals surface area contributed by atoms with Crippen LogP contribution < -0.4 is 0 Å². The lowest BCUT2D eigenvalue weighted by atomic mass is 9.88. The highest BCUT2D eigenvalue weighted by Gasteiger charge is 2.63. The maximum Gasteiger partial charge on any atom is 0.338 e. The largest absolute Gasteiger partial charge is 0.744 e. The molecule has 1 saturated heterocycles. The van der Waals surface area contributed by atoms with E-state index in [2.05, 4.69) is 0 Å². The lowest BCUT2D eigenvalue weighted by Gasteiger charge is -2.25. The molecule has 7 nitrogen and oxygen atoms in total. The predicted molar refractivity (Wildman–Crippen MR) is 73.2 cm³/mol. The Bertz CT molecular complexity index is 783. The van der Waals surface area contributed by atoms with Gasteiger partial charge in [0.25, 0.3) is 0 Å². The Kier molecular flexibility index (Phi) is 3.05. The van der Waals surface area contributed by atoms with Crippen molar-refractivity contribution >= 4 is 22.1 Å². The summed E-state index contributed by atoms with van der Waals surface area (Å²) in [6.07, 6.45) is 0.701. The second-order valence-corrected chi connectivity index (χ2v) is 7.63. The van der Waals surface area contributed by atoms with Crippen molar-refractivity contribution in [3.05, 3.63) is 29.8 Å². The van der Waals surface area contributed by atoms with Gasteiger partial charge < -0.3 is 14.0 Å². The number of carbonyl (C=O) groups excluding carboxylic acids is 2. The van der Waals surface area contributed by atoms with Gasteiger partial charge in [-0.2, -0.15) is 0 Å². The molecule has 1 aromatic carbocycles. The minimum atomic E-state index is -4.55. The molecule has 0 radical (unpaired) electrons. The van der Waals surface area contributed by atoms with E-state index in [9.17, 15) is 22.6 Å². The second-order valence-electron chi connectivity index (χ2n) is 6.25. The normalized spacial score (nSPS) is 34.5. The first-order chi connectivity index (χ1) is 10.8. The molecule has 3 fully saturated rings. The fourth-order valence-electron chi connectivity index (χ4n) is 4.01. The third-order valence-electron chi connectivity index (χ3n) is 5.04. The summed E-state index contributed by atoms with van der Waals surface area (Å²) < 4.78 is 43.4. The van der Waals surface area contributed by atoms with E-state index < -0.39 is 27.1 Å². The molecular weight excluding hydrogens is 324 g/mol. The molecular formula is C15H13O7S-. The molecule has 1 aliphatic heterocycles. The number of hydrogen-bond acceptors (Lipinski definition) is 7. The smallest absolute Gasteiger partial charge is 0.338 e. The van der Waals surface area contributed by atoms with Crippen LogP contribution in [-0.4, -0.2) is 37.1 Å². The number of carbonyl (C=O) groups is 2. The predicted octanol–water partition coefficient (Wildman–Crippen LogP) is 0.697. The molecule has 0 N–H and O–H groups in total. The molecule has 1 heterocycles. The number of esters is 2. The molecule has 0 aromatic heterocycles. The van der Waals surface area contributed by atoms with Gasteiger partial charge in [0.1, 0.15) is 22.3 Å².